The Kier molecular flexibility index (Phi) is 4.10. The van der Waals surface area contributed by atoms with Gasteiger partial charge in [-0.25, -0.2) is 9.97 Å². The fraction of sp³-hybridized carbons (Fsp3) is 0.450. The third-order valence-electron chi connectivity index (χ3n) is 5.32. The quantitative estimate of drug-likeness (QED) is 0.748. The van der Waals surface area contributed by atoms with Gasteiger partial charge in [0.2, 0.25) is 0 Å². The van der Waals surface area contributed by atoms with Gasteiger partial charge in [-0.1, -0.05) is 0 Å². The van der Waals surface area contributed by atoms with Crippen molar-refractivity contribution in [2.24, 2.45) is 0 Å². The van der Waals surface area contributed by atoms with Crippen molar-refractivity contribution < 1.29 is 5.11 Å². The highest BCUT2D eigenvalue weighted by atomic mass is 32.1. The molecule has 0 saturated heterocycles. The Balaban J connectivity index is 1.74. The van der Waals surface area contributed by atoms with E-state index in [4.69, 9.17) is 9.97 Å². The average molecular weight is 366 g/mol. The first kappa shape index (κ1) is 16.1. The van der Waals surface area contributed by atoms with Gasteiger partial charge in [-0.2, -0.15) is 0 Å². The van der Waals surface area contributed by atoms with E-state index in [9.17, 15) is 5.11 Å². The summed E-state index contributed by atoms with van der Waals surface area (Å²) in [4.78, 5) is 19.0. The first-order valence-corrected chi connectivity index (χ1v) is 10.3. The van der Waals surface area contributed by atoms with Gasteiger partial charge in [0.1, 0.15) is 10.6 Å². The van der Waals surface area contributed by atoms with Gasteiger partial charge in [0, 0.05) is 35.4 Å². The molecule has 0 bridgehead atoms. The van der Waals surface area contributed by atoms with E-state index in [1.165, 1.54) is 41.5 Å². The summed E-state index contributed by atoms with van der Waals surface area (Å²) in [5, 5.41) is 10.9. The van der Waals surface area contributed by atoms with Gasteiger partial charge >= 0.3 is 0 Å². The molecule has 1 saturated carbocycles. The molecule has 134 valence electrons. The standard InChI is InChI=1S/C20H22N4OS/c25-11-10-24(14-7-8-14)19-17-15-5-1-2-6-16(15)26-20(17)23-18(22-19)13-4-3-9-21-12-13/h3-4,9,12,14,25H,1-2,5-8,10-11H2. The summed E-state index contributed by atoms with van der Waals surface area (Å²) in [6.45, 7) is 0.782. The van der Waals surface area contributed by atoms with Crippen LogP contribution in [0.5, 0.6) is 0 Å². The van der Waals surface area contributed by atoms with Crippen LogP contribution in [0.3, 0.4) is 0 Å². The van der Waals surface area contributed by atoms with Crippen LogP contribution < -0.4 is 4.90 Å². The number of nitrogens with zero attached hydrogens (tertiary/aromatic N) is 4. The van der Waals surface area contributed by atoms with E-state index < -0.39 is 0 Å². The lowest BCUT2D eigenvalue weighted by Crippen LogP contribution is -2.30. The number of aryl methyl sites for hydroxylation is 2. The SMILES string of the molecule is OCCN(c1nc(-c2cccnc2)nc2sc3c(c12)CCCC3)C1CC1. The first-order valence-electron chi connectivity index (χ1n) is 9.45. The molecular formula is C20H22N4OS. The molecule has 0 unspecified atom stereocenters. The zero-order chi connectivity index (χ0) is 17.5. The van der Waals surface area contributed by atoms with Crippen LogP contribution in [0.15, 0.2) is 24.5 Å². The summed E-state index contributed by atoms with van der Waals surface area (Å²) in [7, 11) is 0. The summed E-state index contributed by atoms with van der Waals surface area (Å²) in [5.41, 5.74) is 2.40. The monoisotopic (exact) mass is 366 g/mol. The van der Waals surface area contributed by atoms with Crippen LogP contribution in [-0.2, 0) is 12.8 Å². The van der Waals surface area contributed by atoms with Crippen LogP contribution in [-0.4, -0.2) is 39.3 Å². The molecule has 6 heteroatoms. The highest BCUT2D eigenvalue weighted by molar-refractivity contribution is 7.19. The molecule has 2 aliphatic rings. The number of rotatable bonds is 5. The smallest absolute Gasteiger partial charge is 0.164 e. The van der Waals surface area contributed by atoms with Crippen molar-refractivity contribution >= 4 is 27.4 Å². The molecule has 0 amide bonds. The number of thiophene rings is 1. The number of anilines is 1. The molecule has 26 heavy (non-hydrogen) atoms. The van der Waals surface area contributed by atoms with Crippen molar-refractivity contribution in [1.82, 2.24) is 15.0 Å². The van der Waals surface area contributed by atoms with Crippen molar-refractivity contribution in [3.05, 3.63) is 35.0 Å². The number of fused-ring (bicyclic) bond motifs is 3. The Hall–Kier alpha value is -2.05. The van der Waals surface area contributed by atoms with Gasteiger partial charge in [-0.15, -0.1) is 11.3 Å². The maximum Gasteiger partial charge on any atom is 0.164 e. The Labute approximate surface area is 156 Å². The molecule has 1 fully saturated rings. The van der Waals surface area contributed by atoms with Gasteiger partial charge in [0.05, 0.1) is 12.0 Å². The Morgan fingerprint density at radius 2 is 2.08 bits per heavy atom. The topological polar surface area (TPSA) is 62.1 Å². The molecule has 1 N–H and O–H groups in total. The van der Waals surface area contributed by atoms with E-state index in [0.717, 1.165) is 34.9 Å². The predicted octanol–water partition coefficient (Wildman–Crippen LogP) is 3.59. The second-order valence-electron chi connectivity index (χ2n) is 7.15. The molecule has 0 aliphatic heterocycles. The fourth-order valence-electron chi connectivity index (χ4n) is 3.93. The Bertz CT molecular complexity index is 936. The molecule has 0 aromatic carbocycles. The van der Waals surface area contributed by atoms with Crippen LogP contribution >= 0.6 is 11.3 Å². The molecule has 0 radical (unpaired) electrons. The van der Waals surface area contributed by atoms with Crippen molar-refractivity contribution in [2.45, 2.75) is 44.6 Å². The second kappa shape index (κ2) is 6.59. The molecule has 5 nitrogen and oxygen atoms in total. The molecular weight excluding hydrogens is 344 g/mol. The van der Waals surface area contributed by atoms with Gasteiger partial charge in [-0.05, 0) is 56.2 Å². The number of pyridine rings is 1. The van der Waals surface area contributed by atoms with E-state index in [1.807, 2.05) is 29.7 Å². The molecule has 0 atom stereocenters. The minimum atomic E-state index is 0.149. The highest BCUT2D eigenvalue weighted by Crippen LogP contribution is 2.43. The Morgan fingerprint density at radius 1 is 1.19 bits per heavy atom. The van der Waals surface area contributed by atoms with Crippen molar-refractivity contribution in [3.63, 3.8) is 0 Å². The number of aromatic nitrogens is 3. The van der Waals surface area contributed by atoms with E-state index in [2.05, 4.69) is 9.88 Å². The van der Waals surface area contributed by atoms with E-state index in [1.54, 1.807) is 6.20 Å². The maximum absolute atomic E-state index is 9.63. The highest BCUT2D eigenvalue weighted by Gasteiger charge is 2.33. The maximum atomic E-state index is 9.63. The minimum Gasteiger partial charge on any atom is -0.395 e. The lowest BCUT2D eigenvalue weighted by molar-refractivity contribution is 0.301. The normalized spacial score (nSPS) is 16.7. The van der Waals surface area contributed by atoms with Crippen LogP contribution in [0.1, 0.15) is 36.1 Å². The van der Waals surface area contributed by atoms with Gasteiger partial charge in [0.25, 0.3) is 0 Å². The summed E-state index contributed by atoms with van der Waals surface area (Å²) in [6, 6.07) is 4.44. The predicted molar refractivity (Wildman–Crippen MR) is 105 cm³/mol. The summed E-state index contributed by atoms with van der Waals surface area (Å²) >= 11 is 1.83. The second-order valence-corrected chi connectivity index (χ2v) is 8.24. The average Bonchev–Trinajstić information content (AvgIpc) is 3.46. The van der Waals surface area contributed by atoms with E-state index in [0.29, 0.717) is 12.6 Å². The molecule has 2 aliphatic carbocycles. The molecule has 3 heterocycles. The number of aliphatic hydroxyl groups excluding tert-OH is 1. The lowest BCUT2D eigenvalue weighted by atomic mass is 9.97. The fourth-order valence-corrected chi connectivity index (χ4v) is 5.18. The van der Waals surface area contributed by atoms with Gasteiger partial charge < -0.3 is 10.0 Å². The van der Waals surface area contributed by atoms with Crippen LogP contribution in [0.4, 0.5) is 5.82 Å². The third-order valence-corrected chi connectivity index (χ3v) is 6.50. The third kappa shape index (κ3) is 2.77. The Morgan fingerprint density at radius 3 is 2.85 bits per heavy atom. The van der Waals surface area contributed by atoms with Gasteiger partial charge in [-0.3, -0.25) is 4.98 Å². The van der Waals surface area contributed by atoms with Gasteiger partial charge in [0.15, 0.2) is 5.82 Å². The van der Waals surface area contributed by atoms with Crippen molar-refractivity contribution in [3.8, 4) is 11.4 Å². The lowest BCUT2D eigenvalue weighted by Gasteiger charge is -2.24. The van der Waals surface area contributed by atoms with Crippen molar-refractivity contribution in [1.29, 1.82) is 0 Å². The number of hydrogen-bond donors (Lipinski definition) is 1. The van der Waals surface area contributed by atoms with Crippen LogP contribution in [0.25, 0.3) is 21.6 Å². The number of hydrogen-bond acceptors (Lipinski definition) is 6. The van der Waals surface area contributed by atoms with Crippen molar-refractivity contribution in [2.75, 3.05) is 18.1 Å². The molecule has 3 aromatic heterocycles. The largest absolute Gasteiger partial charge is 0.395 e. The zero-order valence-electron chi connectivity index (χ0n) is 14.7. The van der Waals surface area contributed by atoms with Crippen LogP contribution in [0.2, 0.25) is 0 Å². The number of aliphatic hydroxyl groups is 1. The minimum absolute atomic E-state index is 0.149. The first-order chi connectivity index (χ1) is 12.8. The van der Waals surface area contributed by atoms with E-state index >= 15 is 0 Å². The van der Waals surface area contributed by atoms with Crippen LogP contribution in [0, 0.1) is 0 Å². The summed E-state index contributed by atoms with van der Waals surface area (Å²) in [6.07, 6.45) is 10.7. The summed E-state index contributed by atoms with van der Waals surface area (Å²) < 4.78 is 0. The zero-order valence-corrected chi connectivity index (χ0v) is 15.5. The molecule has 3 aromatic rings. The molecule has 5 rings (SSSR count). The molecule has 0 spiro atoms. The van der Waals surface area contributed by atoms with E-state index in [-0.39, 0.29) is 6.61 Å². The summed E-state index contributed by atoms with van der Waals surface area (Å²) in [5.74, 6) is 1.76.